The van der Waals surface area contributed by atoms with Crippen LogP contribution in [0.5, 0.6) is 0 Å². The molecule has 3 rings (SSSR count). The summed E-state index contributed by atoms with van der Waals surface area (Å²) in [6.07, 6.45) is 4.87. The third-order valence-electron chi connectivity index (χ3n) is 4.89. The van der Waals surface area contributed by atoms with E-state index < -0.39 is 0 Å². The average Bonchev–Trinajstić information content (AvgIpc) is 3.09. The summed E-state index contributed by atoms with van der Waals surface area (Å²) in [6, 6.07) is 8.31. The monoisotopic (exact) mass is 321 g/mol. The molecule has 1 saturated carbocycles. The molecule has 22 heavy (non-hydrogen) atoms. The van der Waals surface area contributed by atoms with E-state index in [9.17, 15) is 4.79 Å². The highest BCUT2D eigenvalue weighted by Crippen LogP contribution is 2.27. The predicted octanol–water partition coefficient (Wildman–Crippen LogP) is 2.55. The van der Waals surface area contributed by atoms with Gasteiger partial charge in [-0.15, -0.1) is 0 Å². The van der Waals surface area contributed by atoms with Crippen molar-refractivity contribution in [1.29, 1.82) is 0 Å². The molecule has 5 heteroatoms. The van der Waals surface area contributed by atoms with Crippen molar-refractivity contribution in [3.8, 4) is 0 Å². The number of hydrogen-bond donors (Lipinski definition) is 2. The first-order chi connectivity index (χ1) is 10.6. The second-order valence-corrected chi connectivity index (χ2v) is 6.97. The lowest BCUT2D eigenvalue weighted by molar-refractivity contribution is -0.122. The second-order valence-electron chi connectivity index (χ2n) is 6.54. The van der Waals surface area contributed by atoms with Crippen molar-refractivity contribution < 1.29 is 4.79 Å². The first-order valence-electron chi connectivity index (χ1n) is 8.17. The van der Waals surface area contributed by atoms with Gasteiger partial charge in [0.25, 0.3) is 0 Å². The van der Waals surface area contributed by atoms with Gasteiger partial charge in [-0.1, -0.05) is 24.1 Å². The predicted molar refractivity (Wildman–Crippen MR) is 90.1 cm³/mol. The largest absolute Gasteiger partial charge is 0.369 e. The van der Waals surface area contributed by atoms with Crippen molar-refractivity contribution in [2.75, 3.05) is 18.0 Å². The van der Waals surface area contributed by atoms with Crippen LogP contribution >= 0.6 is 11.6 Å². The van der Waals surface area contributed by atoms with Gasteiger partial charge in [0.1, 0.15) is 0 Å². The fourth-order valence-corrected chi connectivity index (χ4v) is 3.81. The zero-order valence-electron chi connectivity index (χ0n) is 12.8. The van der Waals surface area contributed by atoms with Crippen LogP contribution in [0.4, 0.5) is 5.69 Å². The van der Waals surface area contributed by atoms with Crippen molar-refractivity contribution in [2.45, 2.75) is 44.2 Å². The highest BCUT2D eigenvalue weighted by Gasteiger charge is 2.28. The van der Waals surface area contributed by atoms with E-state index in [2.05, 4.69) is 16.3 Å². The number of benzene rings is 1. The Morgan fingerprint density at radius 3 is 2.95 bits per heavy atom. The maximum Gasteiger partial charge on any atom is 0.220 e. The normalized spacial score (nSPS) is 28.1. The van der Waals surface area contributed by atoms with Crippen molar-refractivity contribution in [1.82, 2.24) is 5.32 Å². The van der Waals surface area contributed by atoms with Crippen LogP contribution in [0.2, 0.25) is 5.02 Å². The maximum atomic E-state index is 12.2. The summed E-state index contributed by atoms with van der Waals surface area (Å²) < 4.78 is 0. The first kappa shape index (κ1) is 15.6. The summed E-state index contributed by atoms with van der Waals surface area (Å²) in [4.78, 5) is 14.5. The number of rotatable bonds is 4. The van der Waals surface area contributed by atoms with Crippen molar-refractivity contribution in [3.63, 3.8) is 0 Å². The molecule has 3 N–H and O–H groups in total. The van der Waals surface area contributed by atoms with E-state index in [0.717, 1.165) is 49.5 Å². The highest BCUT2D eigenvalue weighted by molar-refractivity contribution is 6.30. The third-order valence-corrected chi connectivity index (χ3v) is 5.13. The van der Waals surface area contributed by atoms with Gasteiger partial charge in [-0.25, -0.2) is 0 Å². The van der Waals surface area contributed by atoms with Gasteiger partial charge in [-0.3, -0.25) is 4.79 Å². The van der Waals surface area contributed by atoms with E-state index in [0.29, 0.717) is 12.3 Å². The summed E-state index contributed by atoms with van der Waals surface area (Å²) in [7, 11) is 0. The van der Waals surface area contributed by atoms with Gasteiger partial charge in [-0.2, -0.15) is 0 Å². The van der Waals surface area contributed by atoms with Gasteiger partial charge in [-0.05, 0) is 43.4 Å². The summed E-state index contributed by atoms with van der Waals surface area (Å²) in [5.41, 5.74) is 7.17. The molecule has 2 fully saturated rings. The van der Waals surface area contributed by atoms with Crippen LogP contribution < -0.4 is 16.0 Å². The van der Waals surface area contributed by atoms with Gasteiger partial charge >= 0.3 is 0 Å². The fraction of sp³-hybridized carbons (Fsp3) is 0.588. The van der Waals surface area contributed by atoms with Gasteiger partial charge in [0.05, 0.1) is 0 Å². The Labute approximate surface area is 137 Å². The van der Waals surface area contributed by atoms with E-state index in [1.807, 2.05) is 18.2 Å². The molecule has 1 aromatic rings. The number of amides is 1. The molecule has 0 aromatic heterocycles. The van der Waals surface area contributed by atoms with E-state index in [4.69, 9.17) is 17.3 Å². The second kappa shape index (κ2) is 6.88. The van der Waals surface area contributed by atoms with Crippen molar-refractivity contribution in [3.05, 3.63) is 29.3 Å². The van der Waals surface area contributed by atoms with E-state index in [-0.39, 0.29) is 18.0 Å². The molecular weight excluding hydrogens is 298 g/mol. The topological polar surface area (TPSA) is 58.4 Å². The van der Waals surface area contributed by atoms with Crippen molar-refractivity contribution >= 4 is 23.2 Å². The number of hydrogen-bond acceptors (Lipinski definition) is 3. The minimum absolute atomic E-state index is 0.153. The molecule has 2 aliphatic rings. The Balaban J connectivity index is 1.49. The first-order valence-corrected chi connectivity index (χ1v) is 8.55. The average molecular weight is 322 g/mol. The van der Waals surface area contributed by atoms with Gasteiger partial charge in [0.15, 0.2) is 0 Å². The molecule has 0 spiro atoms. The molecule has 1 aliphatic carbocycles. The number of carbonyl (C=O) groups is 1. The molecule has 0 radical (unpaired) electrons. The summed E-state index contributed by atoms with van der Waals surface area (Å²) in [5, 5.41) is 3.92. The molecule has 1 unspecified atom stereocenters. The Morgan fingerprint density at radius 2 is 2.23 bits per heavy atom. The van der Waals surface area contributed by atoms with E-state index in [1.165, 1.54) is 0 Å². The Morgan fingerprint density at radius 1 is 1.36 bits per heavy atom. The smallest absolute Gasteiger partial charge is 0.220 e. The molecule has 1 aliphatic heterocycles. The van der Waals surface area contributed by atoms with Crippen LogP contribution in [-0.4, -0.2) is 31.1 Å². The van der Waals surface area contributed by atoms with Gasteiger partial charge < -0.3 is 16.0 Å². The molecule has 4 nitrogen and oxygen atoms in total. The lowest BCUT2D eigenvalue weighted by Crippen LogP contribution is -2.39. The number of halogens is 1. The number of anilines is 1. The molecular formula is C17H24ClN3O. The number of nitrogens with one attached hydrogen (secondary N) is 1. The molecule has 1 aromatic carbocycles. The van der Waals surface area contributed by atoms with E-state index in [1.54, 1.807) is 0 Å². The zero-order valence-corrected chi connectivity index (χ0v) is 13.6. The van der Waals surface area contributed by atoms with Crippen molar-refractivity contribution in [2.24, 2.45) is 11.7 Å². The zero-order chi connectivity index (χ0) is 15.5. The number of carbonyl (C=O) groups excluding carboxylic acids is 1. The molecule has 1 heterocycles. The fourth-order valence-electron chi connectivity index (χ4n) is 3.63. The Hall–Kier alpha value is -1.26. The van der Waals surface area contributed by atoms with E-state index >= 15 is 0 Å². The maximum absolute atomic E-state index is 12.2. The number of nitrogens with zero attached hydrogens (tertiary/aromatic N) is 1. The summed E-state index contributed by atoms with van der Waals surface area (Å²) in [6.45, 7) is 1.80. The standard InChI is InChI=1S/C17H24ClN3O/c18-13-4-2-5-15(10-13)21-8-7-14(11-21)20-17(22)9-12-3-1-6-16(12)19/h2,4-5,10,12,14,16H,1,3,6-9,11,19H2,(H,20,22)/t12-,14?,16+/m0/s1. The summed E-state index contributed by atoms with van der Waals surface area (Å²) >= 11 is 6.04. The van der Waals surface area contributed by atoms with Crippen LogP contribution in [0, 0.1) is 5.92 Å². The SMILES string of the molecule is N[C@@H]1CCC[C@H]1CC(=O)NC1CCN(c2cccc(Cl)c2)C1. The van der Waals surface area contributed by atoms with Crippen LogP contribution in [-0.2, 0) is 4.79 Å². The van der Waals surface area contributed by atoms with Crippen LogP contribution in [0.15, 0.2) is 24.3 Å². The number of nitrogens with two attached hydrogens (primary N) is 1. The van der Waals surface area contributed by atoms with Gasteiger partial charge in [0.2, 0.25) is 5.91 Å². The quantitative estimate of drug-likeness (QED) is 0.896. The minimum atomic E-state index is 0.153. The molecule has 1 saturated heterocycles. The minimum Gasteiger partial charge on any atom is -0.369 e. The molecule has 0 bridgehead atoms. The van der Waals surface area contributed by atoms with Crippen LogP contribution in [0.3, 0.4) is 0 Å². The van der Waals surface area contributed by atoms with Crippen LogP contribution in [0.1, 0.15) is 32.1 Å². The third kappa shape index (κ3) is 3.73. The lowest BCUT2D eigenvalue weighted by atomic mass is 9.99. The lowest BCUT2D eigenvalue weighted by Gasteiger charge is -2.20. The highest BCUT2D eigenvalue weighted by atomic mass is 35.5. The molecule has 1 amide bonds. The Kier molecular flexibility index (Phi) is 4.89. The Bertz CT molecular complexity index is 536. The summed E-state index contributed by atoms with van der Waals surface area (Å²) in [5.74, 6) is 0.519. The molecule has 3 atom stereocenters. The molecule has 120 valence electrons. The van der Waals surface area contributed by atoms with Crippen LogP contribution in [0.25, 0.3) is 0 Å². The van der Waals surface area contributed by atoms with Gasteiger partial charge in [0, 0.05) is 42.3 Å².